The van der Waals surface area contributed by atoms with Crippen LogP contribution in [0.4, 0.5) is 10.1 Å². The number of benzene rings is 1. The summed E-state index contributed by atoms with van der Waals surface area (Å²) < 4.78 is 14.0. The van der Waals surface area contributed by atoms with Gasteiger partial charge in [-0.25, -0.2) is 4.39 Å². The molecule has 0 atom stereocenters. The fourth-order valence-corrected chi connectivity index (χ4v) is 3.58. The third kappa shape index (κ3) is 3.20. The standard InChI is InChI=1S/C19H23FN4/c1-3-5-23-6-4-7-24(9-8-23)19-15(12-21)13-22-18-14(2)10-16(20)11-17(18)19/h10-11,13H,3-9H2,1-2H3. The van der Waals surface area contributed by atoms with Crippen molar-refractivity contribution in [1.29, 1.82) is 5.26 Å². The summed E-state index contributed by atoms with van der Waals surface area (Å²) in [5, 5.41) is 10.3. The van der Waals surface area contributed by atoms with E-state index in [0.717, 1.165) is 67.7 Å². The summed E-state index contributed by atoms with van der Waals surface area (Å²) >= 11 is 0. The highest BCUT2D eigenvalue weighted by Crippen LogP contribution is 2.32. The summed E-state index contributed by atoms with van der Waals surface area (Å²) in [5.74, 6) is -0.277. The van der Waals surface area contributed by atoms with Crippen molar-refractivity contribution < 1.29 is 4.39 Å². The molecule has 1 fully saturated rings. The first kappa shape index (κ1) is 16.7. The van der Waals surface area contributed by atoms with Crippen molar-refractivity contribution >= 4 is 16.6 Å². The van der Waals surface area contributed by atoms with Gasteiger partial charge in [-0.2, -0.15) is 5.26 Å². The summed E-state index contributed by atoms with van der Waals surface area (Å²) in [6, 6.07) is 5.25. The van der Waals surface area contributed by atoms with Crippen LogP contribution >= 0.6 is 0 Å². The van der Waals surface area contributed by atoms with E-state index in [-0.39, 0.29) is 5.82 Å². The Hall–Kier alpha value is -2.19. The quantitative estimate of drug-likeness (QED) is 0.866. The molecule has 0 saturated carbocycles. The predicted octanol–water partition coefficient (Wildman–Crippen LogP) is 3.48. The van der Waals surface area contributed by atoms with Gasteiger partial charge in [0.05, 0.1) is 16.8 Å². The van der Waals surface area contributed by atoms with Gasteiger partial charge in [0.2, 0.25) is 0 Å². The Balaban J connectivity index is 2.06. The number of pyridine rings is 1. The van der Waals surface area contributed by atoms with Gasteiger partial charge in [0.15, 0.2) is 0 Å². The van der Waals surface area contributed by atoms with E-state index in [9.17, 15) is 9.65 Å². The Morgan fingerprint density at radius 3 is 2.83 bits per heavy atom. The molecule has 0 spiro atoms. The van der Waals surface area contributed by atoms with Gasteiger partial charge < -0.3 is 9.80 Å². The minimum absolute atomic E-state index is 0.277. The highest BCUT2D eigenvalue weighted by molar-refractivity contribution is 5.96. The second kappa shape index (κ2) is 7.14. The molecule has 1 aliphatic rings. The first-order valence-corrected chi connectivity index (χ1v) is 8.60. The Kier molecular flexibility index (Phi) is 4.96. The van der Waals surface area contributed by atoms with E-state index < -0.39 is 0 Å². The van der Waals surface area contributed by atoms with Gasteiger partial charge in [-0.15, -0.1) is 0 Å². The van der Waals surface area contributed by atoms with Crippen LogP contribution in [-0.4, -0.2) is 42.6 Å². The summed E-state index contributed by atoms with van der Waals surface area (Å²) in [4.78, 5) is 9.08. The number of nitrogens with zero attached hydrogens (tertiary/aromatic N) is 4. The Labute approximate surface area is 142 Å². The van der Waals surface area contributed by atoms with E-state index in [0.29, 0.717) is 5.56 Å². The number of anilines is 1. The van der Waals surface area contributed by atoms with Gasteiger partial charge in [0.25, 0.3) is 0 Å². The van der Waals surface area contributed by atoms with Gasteiger partial charge in [-0.3, -0.25) is 4.98 Å². The molecule has 0 amide bonds. The average molecular weight is 326 g/mol. The van der Waals surface area contributed by atoms with Crippen LogP contribution in [0.1, 0.15) is 30.9 Å². The Morgan fingerprint density at radius 2 is 2.08 bits per heavy atom. The molecule has 0 bridgehead atoms. The van der Waals surface area contributed by atoms with E-state index >= 15 is 0 Å². The number of hydrogen-bond acceptors (Lipinski definition) is 4. The molecule has 1 aromatic carbocycles. The SMILES string of the molecule is CCCN1CCCN(c2c(C#N)cnc3c(C)cc(F)cc23)CC1. The van der Waals surface area contributed by atoms with Crippen LogP contribution in [0.25, 0.3) is 10.9 Å². The molecule has 1 aliphatic heterocycles. The maximum absolute atomic E-state index is 14.0. The zero-order chi connectivity index (χ0) is 17.1. The first-order chi connectivity index (χ1) is 11.6. The lowest BCUT2D eigenvalue weighted by Crippen LogP contribution is -2.31. The van der Waals surface area contributed by atoms with Crippen molar-refractivity contribution in [2.45, 2.75) is 26.7 Å². The van der Waals surface area contributed by atoms with Crippen molar-refractivity contribution in [3.8, 4) is 6.07 Å². The van der Waals surface area contributed by atoms with Gasteiger partial charge >= 0.3 is 0 Å². The number of halogens is 1. The van der Waals surface area contributed by atoms with Gasteiger partial charge in [0.1, 0.15) is 11.9 Å². The van der Waals surface area contributed by atoms with Crippen molar-refractivity contribution in [3.05, 3.63) is 35.3 Å². The molecule has 4 nitrogen and oxygen atoms in total. The number of hydrogen-bond donors (Lipinski definition) is 0. The molecule has 0 aliphatic carbocycles. The fourth-order valence-electron chi connectivity index (χ4n) is 3.58. The summed E-state index contributed by atoms with van der Waals surface area (Å²) in [6.07, 6.45) is 3.81. The van der Waals surface area contributed by atoms with Crippen molar-refractivity contribution in [2.24, 2.45) is 0 Å². The molecule has 1 aromatic heterocycles. The molecule has 5 heteroatoms. The van der Waals surface area contributed by atoms with Crippen molar-refractivity contribution in [2.75, 3.05) is 37.6 Å². The van der Waals surface area contributed by atoms with E-state index in [1.807, 2.05) is 6.92 Å². The maximum Gasteiger partial charge on any atom is 0.124 e. The van der Waals surface area contributed by atoms with Crippen molar-refractivity contribution in [1.82, 2.24) is 9.88 Å². The molecule has 0 unspecified atom stereocenters. The van der Waals surface area contributed by atoms with Crippen molar-refractivity contribution in [3.63, 3.8) is 0 Å². The highest BCUT2D eigenvalue weighted by Gasteiger charge is 2.20. The molecule has 2 heterocycles. The molecule has 2 aromatic rings. The smallest absolute Gasteiger partial charge is 0.124 e. The van der Waals surface area contributed by atoms with Gasteiger partial charge in [-0.1, -0.05) is 6.92 Å². The molecular weight excluding hydrogens is 303 g/mol. The lowest BCUT2D eigenvalue weighted by Gasteiger charge is -2.26. The van der Waals surface area contributed by atoms with E-state index in [1.54, 1.807) is 6.20 Å². The number of aromatic nitrogens is 1. The summed E-state index contributed by atoms with van der Waals surface area (Å²) in [5.41, 5.74) is 2.94. The third-order valence-electron chi connectivity index (χ3n) is 4.66. The lowest BCUT2D eigenvalue weighted by atomic mass is 10.0. The van der Waals surface area contributed by atoms with Crippen LogP contribution in [0.5, 0.6) is 0 Å². The highest BCUT2D eigenvalue weighted by atomic mass is 19.1. The maximum atomic E-state index is 14.0. The van der Waals surface area contributed by atoms with Gasteiger partial charge in [-0.05, 0) is 50.6 Å². The van der Waals surface area contributed by atoms with E-state index in [4.69, 9.17) is 0 Å². The predicted molar refractivity (Wildman–Crippen MR) is 94.7 cm³/mol. The summed E-state index contributed by atoms with van der Waals surface area (Å²) in [6.45, 7) is 8.92. The first-order valence-electron chi connectivity index (χ1n) is 8.60. The van der Waals surface area contributed by atoms with Crippen LogP contribution in [-0.2, 0) is 0 Å². The average Bonchev–Trinajstić information content (AvgIpc) is 2.79. The number of fused-ring (bicyclic) bond motifs is 1. The second-order valence-corrected chi connectivity index (χ2v) is 6.43. The molecule has 1 saturated heterocycles. The van der Waals surface area contributed by atoms with Crippen LogP contribution in [0.3, 0.4) is 0 Å². The topological polar surface area (TPSA) is 43.2 Å². The number of nitriles is 1. The molecule has 0 N–H and O–H groups in total. The minimum atomic E-state index is -0.277. The van der Waals surface area contributed by atoms with Crippen LogP contribution in [0, 0.1) is 24.1 Å². The lowest BCUT2D eigenvalue weighted by molar-refractivity contribution is 0.294. The van der Waals surface area contributed by atoms with Crippen LogP contribution < -0.4 is 4.90 Å². The zero-order valence-corrected chi connectivity index (χ0v) is 14.3. The van der Waals surface area contributed by atoms with Crippen LogP contribution in [0.2, 0.25) is 0 Å². The monoisotopic (exact) mass is 326 g/mol. The van der Waals surface area contributed by atoms with E-state index in [1.165, 1.54) is 12.1 Å². The molecule has 3 rings (SSSR count). The molecule has 24 heavy (non-hydrogen) atoms. The Morgan fingerprint density at radius 1 is 1.25 bits per heavy atom. The number of aryl methyl sites for hydroxylation is 1. The normalized spacial score (nSPS) is 16.2. The Bertz CT molecular complexity index is 781. The minimum Gasteiger partial charge on any atom is -0.369 e. The number of rotatable bonds is 3. The van der Waals surface area contributed by atoms with Gasteiger partial charge in [0, 0.05) is 31.2 Å². The molecule has 126 valence electrons. The largest absolute Gasteiger partial charge is 0.369 e. The molecule has 0 radical (unpaired) electrons. The summed E-state index contributed by atoms with van der Waals surface area (Å²) in [7, 11) is 0. The van der Waals surface area contributed by atoms with Crippen LogP contribution in [0.15, 0.2) is 18.3 Å². The fraction of sp³-hybridized carbons (Fsp3) is 0.474. The molecular formula is C19H23FN4. The third-order valence-corrected chi connectivity index (χ3v) is 4.66. The second-order valence-electron chi connectivity index (χ2n) is 6.43. The van der Waals surface area contributed by atoms with E-state index in [2.05, 4.69) is 27.8 Å². The zero-order valence-electron chi connectivity index (χ0n) is 14.3.